The SMILES string of the molecule is CCCN(CC)[C@@](CCSC)(C(=O)O)c1ccccc1. The molecule has 0 aliphatic heterocycles. The molecule has 1 rings (SSSR count). The molecule has 0 heterocycles. The van der Waals surface area contributed by atoms with Gasteiger partial charge in [0.2, 0.25) is 0 Å². The van der Waals surface area contributed by atoms with Crippen LogP contribution in [-0.4, -0.2) is 41.1 Å². The summed E-state index contributed by atoms with van der Waals surface area (Å²) in [6.45, 7) is 5.67. The highest BCUT2D eigenvalue weighted by molar-refractivity contribution is 7.98. The lowest BCUT2D eigenvalue weighted by Gasteiger charge is -2.40. The number of carbonyl (C=O) groups is 1. The second-order valence-electron chi connectivity index (χ2n) is 4.85. The number of hydrogen-bond donors (Lipinski definition) is 1. The maximum atomic E-state index is 12.2. The smallest absolute Gasteiger partial charge is 0.328 e. The van der Waals surface area contributed by atoms with Gasteiger partial charge in [0.25, 0.3) is 0 Å². The molecule has 0 fully saturated rings. The fourth-order valence-corrected chi connectivity index (χ4v) is 3.20. The van der Waals surface area contributed by atoms with Gasteiger partial charge in [-0.3, -0.25) is 4.90 Å². The first-order valence-corrected chi connectivity index (χ1v) is 8.55. The van der Waals surface area contributed by atoms with Crippen LogP contribution < -0.4 is 0 Å². The van der Waals surface area contributed by atoms with Crippen molar-refractivity contribution in [3.8, 4) is 0 Å². The van der Waals surface area contributed by atoms with Crippen LogP contribution in [0.25, 0.3) is 0 Å². The molecule has 4 heteroatoms. The largest absolute Gasteiger partial charge is 0.480 e. The summed E-state index contributed by atoms with van der Waals surface area (Å²) in [5.41, 5.74) is -0.0217. The van der Waals surface area contributed by atoms with Crippen molar-refractivity contribution in [2.24, 2.45) is 0 Å². The molecule has 0 spiro atoms. The molecule has 20 heavy (non-hydrogen) atoms. The Morgan fingerprint density at radius 2 is 1.95 bits per heavy atom. The molecule has 0 aliphatic rings. The average Bonchev–Trinajstić information content (AvgIpc) is 2.47. The lowest BCUT2D eigenvalue weighted by atomic mass is 9.85. The summed E-state index contributed by atoms with van der Waals surface area (Å²) in [5, 5.41) is 9.98. The van der Waals surface area contributed by atoms with Gasteiger partial charge in [-0.15, -0.1) is 0 Å². The lowest BCUT2D eigenvalue weighted by molar-refractivity contribution is -0.153. The first-order valence-electron chi connectivity index (χ1n) is 7.16. The van der Waals surface area contributed by atoms with Crippen molar-refractivity contribution >= 4 is 17.7 Å². The van der Waals surface area contributed by atoms with E-state index in [-0.39, 0.29) is 0 Å². The van der Waals surface area contributed by atoms with Crippen LogP contribution in [0, 0.1) is 0 Å². The van der Waals surface area contributed by atoms with Gasteiger partial charge >= 0.3 is 5.97 Å². The fourth-order valence-electron chi connectivity index (χ4n) is 2.70. The van der Waals surface area contributed by atoms with Gasteiger partial charge in [-0.2, -0.15) is 11.8 Å². The Balaban J connectivity index is 3.30. The Hall–Kier alpha value is -1.00. The van der Waals surface area contributed by atoms with Gasteiger partial charge in [0, 0.05) is 0 Å². The number of rotatable bonds is 9. The van der Waals surface area contributed by atoms with Crippen molar-refractivity contribution in [2.45, 2.75) is 32.2 Å². The molecule has 0 bridgehead atoms. The van der Waals surface area contributed by atoms with Crippen LogP contribution in [0.5, 0.6) is 0 Å². The summed E-state index contributed by atoms with van der Waals surface area (Å²) in [4.78, 5) is 14.3. The summed E-state index contributed by atoms with van der Waals surface area (Å²) in [6, 6.07) is 9.65. The number of thioether (sulfide) groups is 1. The molecule has 1 atom stereocenters. The minimum absolute atomic E-state index is 0.626. The number of carboxylic acids is 1. The molecular weight excluding hydrogens is 270 g/mol. The third-order valence-corrected chi connectivity index (χ3v) is 4.30. The third-order valence-electron chi connectivity index (χ3n) is 3.69. The zero-order valence-corrected chi connectivity index (χ0v) is 13.4. The van der Waals surface area contributed by atoms with Crippen LogP contribution in [-0.2, 0) is 10.3 Å². The lowest BCUT2D eigenvalue weighted by Crippen LogP contribution is -2.52. The van der Waals surface area contributed by atoms with E-state index in [0.717, 1.165) is 30.8 Å². The van der Waals surface area contributed by atoms with E-state index in [1.165, 1.54) is 0 Å². The predicted molar refractivity (Wildman–Crippen MR) is 86.3 cm³/mol. The quantitative estimate of drug-likeness (QED) is 0.757. The van der Waals surface area contributed by atoms with E-state index in [1.54, 1.807) is 11.8 Å². The highest BCUT2D eigenvalue weighted by Gasteiger charge is 2.44. The maximum Gasteiger partial charge on any atom is 0.328 e. The van der Waals surface area contributed by atoms with E-state index in [9.17, 15) is 9.90 Å². The molecule has 1 N–H and O–H groups in total. The Labute approximate surface area is 126 Å². The van der Waals surface area contributed by atoms with Crippen LogP contribution in [0.2, 0.25) is 0 Å². The van der Waals surface area contributed by atoms with Crippen LogP contribution in [0.15, 0.2) is 30.3 Å². The van der Waals surface area contributed by atoms with Crippen molar-refractivity contribution in [1.82, 2.24) is 4.90 Å². The minimum atomic E-state index is -0.908. The molecule has 0 saturated carbocycles. The van der Waals surface area contributed by atoms with Crippen LogP contribution in [0.3, 0.4) is 0 Å². The molecule has 0 radical (unpaired) electrons. The maximum absolute atomic E-state index is 12.2. The van der Waals surface area contributed by atoms with Crippen molar-refractivity contribution < 1.29 is 9.90 Å². The van der Waals surface area contributed by atoms with Crippen molar-refractivity contribution in [2.75, 3.05) is 25.1 Å². The number of hydrogen-bond acceptors (Lipinski definition) is 3. The molecule has 0 unspecified atom stereocenters. The number of aliphatic carboxylic acids is 1. The summed E-state index contributed by atoms with van der Waals surface area (Å²) < 4.78 is 0. The monoisotopic (exact) mass is 295 g/mol. The van der Waals surface area contributed by atoms with Crippen molar-refractivity contribution in [3.05, 3.63) is 35.9 Å². The predicted octanol–water partition coefficient (Wildman–Crippen LogP) is 3.45. The molecule has 3 nitrogen and oxygen atoms in total. The van der Waals surface area contributed by atoms with E-state index in [2.05, 4.69) is 11.8 Å². The van der Waals surface area contributed by atoms with Gasteiger partial charge in [0.1, 0.15) is 5.54 Å². The van der Waals surface area contributed by atoms with Gasteiger partial charge in [-0.1, -0.05) is 44.2 Å². The Bertz CT molecular complexity index is 410. The fraction of sp³-hybridized carbons (Fsp3) is 0.562. The summed E-state index contributed by atoms with van der Waals surface area (Å²) in [7, 11) is 0. The van der Waals surface area contributed by atoms with Crippen LogP contribution >= 0.6 is 11.8 Å². The van der Waals surface area contributed by atoms with E-state index >= 15 is 0 Å². The van der Waals surface area contributed by atoms with Gasteiger partial charge in [0.05, 0.1) is 0 Å². The van der Waals surface area contributed by atoms with Gasteiger partial charge < -0.3 is 5.11 Å². The van der Waals surface area contributed by atoms with Crippen LogP contribution in [0.4, 0.5) is 0 Å². The molecule has 0 saturated heterocycles. The normalized spacial score (nSPS) is 14.2. The Morgan fingerprint density at radius 1 is 1.30 bits per heavy atom. The summed E-state index contributed by atoms with van der Waals surface area (Å²) in [5.74, 6) is 0.0922. The number of carboxylic acid groups (broad SMARTS) is 1. The number of nitrogens with zero attached hydrogens (tertiary/aromatic N) is 1. The second kappa shape index (κ2) is 8.32. The average molecular weight is 295 g/mol. The zero-order valence-electron chi connectivity index (χ0n) is 12.6. The standard InChI is InChI=1S/C16H25NO2S/c1-4-12-17(5-2)16(15(18)19,11-13-20-3)14-9-7-6-8-10-14/h6-10H,4-5,11-13H2,1-3H3,(H,18,19)/t16-/m1/s1. The second-order valence-corrected chi connectivity index (χ2v) is 5.84. The number of benzene rings is 1. The first-order chi connectivity index (χ1) is 9.63. The van der Waals surface area contributed by atoms with E-state index in [4.69, 9.17) is 0 Å². The highest BCUT2D eigenvalue weighted by atomic mass is 32.2. The van der Waals surface area contributed by atoms with Gasteiger partial charge in [-0.05, 0) is 43.5 Å². The summed E-state index contributed by atoms with van der Waals surface area (Å²) in [6.07, 6.45) is 3.60. The van der Waals surface area contributed by atoms with Gasteiger partial charge in [0.15, 0.2) is 0 Å². The molecule has 0 aliphatic carbocycles. The Morgan fingerprint density at radius 3 is 2.40 bits per heavy atom. The molecule has 1 aromatic carbocycles. The number of likely N-dealkylation sites (N-methyl/N-ethyl adjacent to an activating group) is 1. The van der Waals surface area contributed by atoms with Crippen molar-refractivity contribution in [3.63, 3.8) is 0 Å². The molecule has 112 valence electrons. The third kappa shape index (κ3) is 3.55. The topological polar surface area (TPSA) is 40.5 Å². The van der Waals surface area contributed by atoms with Crippen molar-refractivity contribution in [1.29, 1.82) is 0 Å². The molecule has 0 amide bonds. The molecule has 0 aromatic heterocycles. The summed E-state index contributed by atoms with van der Waals surface area (Å²) >= 11 is 1.70. The Kier molecular flexibility index (Phi) is 7.10. The molecular formula is C16H25NO2S. The van der Waals surface area contributed by atoms with Crippen LogP contribution in [0.1, 0.15) is 32.3 Å². The van der Waals surface area contributed by atoms with Gasteiger partial charge in [-0.25, -0.2) is 4.79 Å². The van der Waals surface area contributed by atoms with E-state index in [1.807, 2.05) is 43.5 Å². The highest BCUT2D eigenvalue weighted by Crippen LogP contribution is 2.34. The first kappa shape index (κ1) is 17.1. The van der Waals surface area contributed by atoms with E-state index < -0.39 is 11.5 Å². The zero-order chi connectivity index (χ0) is 15.0. The van der Waals surface area contributed by atoms with E-state index in [0.29, 0.717) is 6.42 Å². The minimum Gasteiger partial charge on any atom is -0.480 e. The molecule has 1 aromatic rings.